The van der Waals surface area contributed by atoms with Crippen LogP contribution < -0.4 is 5.32 Å². The molecule has 1 unspecified atom stereocenters. The fourth-order valence-electron chi connectivity index (χ4n) is 1.80. The number of hydrogen-bond donors (Lipinski definition) is 1. The van der Waals surface area contributed by atoms with Gasteiger partial charge in [-0.25, -0.2) is 4.68 Å². The van der Waals surface area contributed by atoms with Crippen molar-refractivity contribution in [3.05, 3.63) is 48.3 Å². The van der Waals surface area contributed by atoms with Gasteiger partial charge >= 0.3 is 0 Å². The van der Waals surface area contributed by atoms with Gasteiger partial charge in [-0.1, -0.05) is 18.2 Å². The molecule has 0 spiro atoms. The van der Waals surface area contributed by atoms with Crippen LogP contribution in [0.1, 0.15) is 18.0 Å². The quantitative estimate of drug-likeness (QED) is 0.767. The highest BCUT2D eigenvalue weighted by molar-refractivity contribution is 5.83. The molecule has 16 heavy (non-hydrogen) atoms. The van der Waals surface area contributed by atoms with Crippen molar-refractivity contribution in [3.63, 3.8) is 0 Å². The Kier molecular flexibility index (Phi) is 1.99. The Morgan fingerprint density at radius 2 is 2.06 bits per heavy atom. The molecule has 4 nitrogen and oxygen atoms in total. The maximum absolute atomic E-state index is 10.8. The molecule has 1 N–H and O–H groups in total. The van der Waals surface area contributed by atoms with E-state index in [1.165, 1.54) is 0 Å². The first-order chi connectivity index (χ1) is 7.83. The van der Waals surface area contributed by atoms with Gasteiger partial charge in [0.1, 0.15) is 0 Å². The van der Waals surface area contributed by atoms with Crippen molar-refractivity contribution in [2.75, 3.05) is 0 Å². The molecule has 1 aliphatic rings. The number of carbonyl (C=O) groups excluding carboxylic acids is 1. The monoisotopic (exact) mass is 213 g/mol. The van der Waals surface area contributed by atoms with Crippen LogP contribution in [0.15, 0.2) is 42.7 Å². The molecule has 3 rings (SSSR count). The van der Waals surface area contributed by atoms with E-state index in [9.17, 15) is 4.79 Å². The third-order valence-electron chi connectivity index (χ3n) is 2.75. The molecule has 1 atom stereocenters. The lowest BCUT2D eigenvalue weighted by atomic mass is 10.0. The summed E-state index contributed by atoms with van der Waals surface area (Å²) < 4.78 is 1.82. The van der Waals surface area contributed by atoms with Crippen molar-refractivity contribution < 1.29 is 4.79 Å². The topological polar surface area (TPSA) is 46.9 Å². The van der Waals surface area contributed by atoms with Gasteiger partial charge in [-0.15, -0.1) is 0 Å². The van der Waals surface area contributed by atoms with E-state index in [4.69, 9.17) is 0 Å². The Morgan fingerprint density at radius 1 is 1.31 bits per heavy atom. The number of rotatable bonds is 2. The van der Waals surface area contributed by atoms with Gasteiger partial charge in [-0.2, -0.15) is 5.10 Å². The van der Waals surface area contributed by atoms with Gasteiger partial charge in [-0.05, 0) is 12.1 Å². The average molecular weight is 213 g/mol. The van der Waals surface area contributed by atoms with Crippen LogP contribution >= 0.6 is 0 Å². The highest BCUT2D eigenvalue weighted by Crippen LogP contribution is 2.23. The Morgan fingerprint density at radius 3 is 2.75 bits per heavy atom. The van der Waals surface area contributed by atoms with E-state index in [0.29, 0.717) is 6.42 Å². The van der Waals surface area contributed by atoms with Crippen molar-refractivity contribution >= 4 is 5.91 Å². The number of para-hydroxylation sites is 1. The second-order valence-corrected chi connectivity index (χ2v) is 3.88. The van der Waals surface area contributed by atoms with Crippen LogP contribution in [-0.2, 0) is 4.79 Å². The van der Waals surface area contributed by atoms with Crippen LogP contribution in [0.5, 0.6) is 0 Å². The van der Waals surface area contributed by atoms with E-state index in [1.807, 2.05) is 41.2 Å². The van der Waals surface area contributed by atoms with Crippen molar-refractivity contribution in [2.45, 2.75) is 12.5 Å². The molecule has 4 heteroatoms. The molecule has 0 bridgehead atoms. The molecule has 0 aliphatic carbocycles. The molecule has 1 fully saturated rings. The van der Waals surface area contributed by atoms with Gasteiger partial charge in [0, 0.05) is 11.8 Å². The molecular weight excluding hydrogens is 202 g/mol. The third kappa shape index (κ3) is 1.48. The van der Waals surface area contributed by atoms with Gasteiger partial charge in [0.05, 0.1) is 24.3 Å². The minimum absolute atomic E-state index is 0.109. The molecule has 1 aliphatic heterocycles. The molecule has 0 radical (unpaired) electrons. The Bertz CT molecular complexity index is 510. The summed E-state index contributed by atoms with van der Waals surface area (Å²) in [5.41, 5.74) is 2.09. The summed E-state index contributed by atoms with van der Waals surface area (Å²) in [6, 6.07) is 10.1. The molecule has 1 amide bonds. The van der Waals surface area contributed by atoms with Gasteiger partial charge in [0.25, 0.3) is 0 Å². The molecule has 2 heterocycles. The Balaban J connectivity index is 1.86. The molecule has 0 saturated carbocycles. The predicted octanol–water partition coefficient (Wildman–Crippen LogP) is 1.43. The van der Waals surface area contributed by atoms with Crippen LogP contribution in [-0.4, -0.2) is 15.7 Å². The summed E-state index contributed by atoms with van der Waals surface area (Å²) in [5.74, 6) is 0.109. The lowest BCUT2D eigenvalue weighted by Crippen LogP contribution is -2.41. The zero-order chi connectivity index (χ0) is 11.0. The van der Waals surface area contributed by atoms with Gasteiger partial charge in [-0.3, -0.25) is 4.79 Å². The van der Waals surface area contributed by atoms with Gasteiger partial charge in [0.2, 0.25) is 5.91 Å². The number of β-lactam (4-membered cyclic amide) rings is 1. The molecule has 1 aromatic carbocycles. The summed E-state index contributed by atoms with van der Waals surface area (Å²) in [7, 11) is 0. The molecule has 1 aromatic heterocycles. The first-order valence-electron chi connectivity index (χ1n) is 5.22. The lowest BCUT2D eigenvalue weighted by molar-refractivity contribution is -0.128. The van der Waals surface area contributed by atoms with Crippen LogP contribution in [0, 0.1) is 0 Å². The first kappa shape index (κ1) is 9.15. The number of benzene rings is 1. The molecule has 80 valence electrons. The van der Waals surface area contributed by atoms with E-state index < -0.39 is 0 Å². The molecule has 2 aromatic rings. The normalized spacial score (nSPS) is 19.0. The largest absolute Gasteiger partial charge is 0.349 e. The number of nitrogens with zero attached hydrogens (tertiary/aromatic N) is 2. The lowest BCUT2D eigenvalue weighted by Gasteiger charge is -2.25. The first-order valence-corrected chi connectivity index (χ1v) is 5.22. The fourth-order valence-corrected chi connectivity index (χ4v) is 1.80. The van der Waals surface area contributed by atoms with Crippen molar-refractivity contribution in [1.29, 1.82) is 0 Å². The second-order valence-electron chi connectivity index (χ2n) is 3.88. The van der Waals surface area contributed by atoms with Crippen LogP contribution in [0.4, 0.5) is 0 Å². The van der Waals surface area contributed by atoms with Crippen LogP contribution in [0.2, 0.25) is 0 Å². The van der Waals surface area contributed by atoms with E-state index in [0.717, 1.165) is 11.3 Å². The smallest absolute Gasteiger partial charge is 0.222 e. The maximum Gasteiger partial charge on any atom is 0.222 e. The minimum Gasteiger partial charge on any atom is -0.349 e. The highest BCUT2D eigenvalue weighted by atomic mass is 16.2. The number of amides is 1. The fraction of sp³-hybridized carbons (Fsp3) is 0.167. The van der Waals surface area contributed by atoms with Crippen LogP contribution in [0.25, 0.3) is 5.69 Å². The average Bonchev–Trinajstić information content (AvgIpc) is 2.75. The third-order valence-corrected chi connectivity index (χ3v) is 2.75. The van der Waals surface area contributed by atoms with Crippen molar-refractivity contribution in [3.8, 4) is 5.69 Å². The molecular formula is C12H11N3O. The minimum atomic E-state index is 0.109. The predicted molar refractivity (Wildman–Crippen MR) is 59.1 cm³/mol. The Labute approximate surface area is 92.9 Å². The summed E-state index contributed by atoms with van der Waals surface area (Å²) >= 11 is 0. The number of aromatic nitrogens is 2. The highest BCUT2D eigenvalue weighted by Gasteiger charge is 2.27. The van der Waals surface area contributed by atoms with Crippen molar-refractivity contribution in [1.82, 2.24) is 15.1 Å². The Hall–Kier alpha value is -2.10. The van der Waals surface area contributed by atoms with Gasteiger partial charge in [0.15, 0.2) is 0 Å². The maximum atomic E-state index is 10.8. The zero-order valence-electron chi connectivity index (χ0n) is 8.63. The molecule has 1 saturated heterocycles. The zero-order valence-corrected chi connectivity index (χ0v) is 8.63. The van der Waals surface area contributed by atoms with Gasteiger partial charge < -0.3 is 5.32 Å². The number of nitrogens with one attached hydrogen (secondary N) is 1. The SMILES string of the molecule is O=C1CC(c2cnn(-c3ccccc3)c2)N1. The number of carbonyl (C=O) groups is 1. The van der Waals surface area contributed by atoms with E-state index in [-0.39, 0.29) is 11.9 Å². The standard InChI is InChI=1S/C12H11N3O/c16-12-6-11(14-12)9-7-13-15(8-9)10-4-2-1-3-5-10/h1-5,7-8,11H,6H2,(H,14,16). The van der Waals surface area contributed by atoms with E-state index >= 15 is 0 Å². The second kappa shape index (κ2) is 3.48. The summed E-state index contributed by atoms with van der Waals surface area (Å²) in [6.07, 6.45) is 4.33. The summed E-state index contributed by atoms with van der Waals surface area (Å²) in [6.45, 7) is 0. The van der Waals surface area contributed by atoms with Crippen LogP contribution in [0.3, 0.4) is 0 Å². The van der Waals surface area contributed by atoms with Crippen molar-refractivity contribution in [2.24, 2.45) is 0 Å². The van der Waals surface area contributed by atoms with E-state index in [2.05, 4.69) is 10.4 Å². The summed E-state index contributed by atoms with van der Waals surface area (Å²) in [5, 5.41) is 7.11. The number of hydrogen-bond acceptors (Lipinski definition) is 2. The van der Waals surface area contributed by atoms with E-state index in [1.54, 1.807) is 6.20 Å². The summed E-state index contributed by atoms with van der Waals surface area (Å²) in [4.78, 5) is 10.8.